The van der Waals surface area contributed by atoms with Gasteiger partial charge in [-0.1, -0.05) is 68.7 Å². The third-order valence-electron chi connectivity index (χ3n) is 11.8. The van der Waals surface area contributed by atoms with Gasteiger partial charge in [0, 0.05) is 53.6 Å². The van der Waals surface area contributed by atoms with Crippen LogP contribution in [0.25, 0.3) is 50.4 Å². The summed E-state index contributed by atoms with van der Waals surface area (Å²) in [6, 6.07) is 23.4. The van der Waals surface area contributed by atoms with Crippen LogP contribution in [0.2, 0.25) is 0 Å². The second-order valence-electron chi connectivity index (χ2n) is 14.8. The molecule has 2 fully saturated rings. The zero-order chi connectivity index (χ0) is 34.2. The van der Waals surface area contributed by atoms with Crippen LogP contribution in [0, 0.1) is 5.92 Å². The van der Waals surface area contributed by atoms with Gasteiger partial charge in [0.25, 0.3) is 0 Å². The molecule has 2 aromatic heterocycles. The molecule has 50 heavy (non-hydrogen) atoms. The maximum absolute atomic E-state index is 12.2. The van der Waals surface area contributed by atoms with Gasteiger partial charge in [-0.15, -0.1) is 0 Å². The van der Waals surface area contributed by atoms with Gasteiger partial charge in [-0.3, -0.25) is 0 Å². The second-order valence-corrected chi connectivity index (χ2v) is 14.8. The standard InChI is InChI=1S/C44H50N4O2/c1-3-11-31-13-8-9-16-34(31)38-21-19-35-39(45-38)22-20-37-42(35)47(25-23-30-12-10-24-46(4-2)29-30)26-27-48-40-28-33(44(49)50)17-18-36(40)41(43(37)48)32-14-6-5-7-15-32/h3,8-9,11,13,16-22,28,30,32H,4-7,10,12,14-15,23-27,29H2,1-2H3,(H,49,50)/b11-3+. The zero-order valence-corrected chi connectivity index (χ0v) is 29.7. The van der Waals surface area contributed by atoms with E-state index in [4.69, 9.17) is 4.98 Å². The molecule has 1 saturated heterocycles. The number of benzene rings is 3. The van der Waals surface area contributed by atoms with Gasteiger partial charge in [-0.2, -0.15) is 0 Å². The van der Waals surface area contributed by atoms with Crippen LogP contribution in [0.15, 0.2) is 72.8 Å². The summed E-state index contributed by atoms with van der Waals surface area (Å²) in [5, 5.41) is 12.5. The molecular formula is C44H50N4O2. The molecule has 1 aliphatic carbocycles. The second kappa shape index (κ2) is 14.1. The van der Waals surface area contributed by atoms with Gasteiger partial charge in [0.05, 0.1) is 28.2 Å². The number of anilines is 1. The highest BCUT2D eigenvalue weighted by Gasteiger charge is 2.32. The summed E-state index contributed by atoms with van der Waals surface area (Å²) in [6.07, 6.45) is 14.2. The van der Waals surface area contributed by atoms with Gasteiger partial charge in [-0.05, 0) is 111 Å². The molecule has 1 atom stereocenters. The summed E-state index contributed by atoms with van der Waals surface area (Å²) >= 11 is 0. The van der Waals surface area contributed by atoms with Crippen molar-refractivity contribution >= 4 is 39.5 Å². The predicted molar refractivity (Wildman–Crippen MR) is 207 cm³/mol. The molecule has 6 nitrogen and oxygen atoms in total. The fourth-order valence-corrected chi connectivity index (χ4v) is 9.33. The van der Waals surface area contributed by atoms with E-state index in [0.29, 0.717) is 17.4 Å². The lowest BCUT2D eigenvalue weighted by molar-refractivity contribution is 0.0697. The summed E-state index contributed by atoms with van der Waals surface area (Å²) in [7, 11) is 0. The average molecular weight is 667 g/mol. The highest BCUT2D eigenvalue weighted by atomic mass is 16.4. The maximum Gasteiger partial charge on any atom is 0.335 e. The maximum atomic E-state index is 12.2. The topological polar surface area (TPSA) is 61.6 Å². The number of aromatic nitrogens is 2. The molecule has 0 bridgehead atoms. The monoisotopic (exact) mass is 666 g/mol. The van der Waals surface area contributed by atoms with E-state index in [9.17, 15) is 9.90 Å². The molecule has 0 spiro atoms. The van der Waals surface area contributed by atoms with Crippen LogP contribution in [0.1, 0.15) is 92.6 Å². The first-order chi connectivity index (χ1) is 24.5. The molecule has 0 radical (unpaired) electrons. The van der Waals surface area contributed by atoms with Crippen molar-refractivity contribution in [1.29, 1.82) is 0 Å². The van der Waals surface area contributed by atoms with Gasteiger partial charge in [0.1, 0.15) is 0 Å². The van der Waals surface area contributed by atoms with E-state index in [-0.39, 0.29) is 0 Å². The molecule has 1 unspecified atom stereocenters. The van der Waals surface area contributed by atoms with Crippen molar-refractivity contribution in [3.63, 3.8) is 0 Å². The van der Waals surface area contributed by atoms with Crippen LogP contribution in [0.5, 0.6) is 0 Å². The lowest BCUT2D eigenvalue weighted by Gasteiger charge is -2.34. The minimum Gasteiger partial charge on any atom is -0.478 e. The Morgan fingerprint density at radius 2 is 1.74 bits per heavy atom. The Morgan fingerprint density at radius 3 is 2.56 bits per heavy atom. The number of hydrogen-bond acceptors (Lipinski definition) is 4. The predicted octanol–water partition coefficient (Wildman–Crippen LogP) is 10.2. The van der Waals surface area contributed by atoms with Gasteiger partial charge in [0.15, 0.2) is 0 Å². The molecule has 1 N–H and O–H groups in total. The number of nitrogens with zero attached hydrogens (tertiary/aromatic N) is 4. The highest BCUT2D eigenvalue weighted by Crippen LogP contribution is 2.49. The lowest BCUT2D eigenvalue weighted by Crippen LogP contribution is -2.37. The largest absolute Gasteiger partial charge is 0.478 e. The van der Waals surface area contributed by atoms with Crippen LogP contribution in [-0.2, 0) is 6.54 Å². The number of pyridine rings is 1. The number of fused-ring (bicyclic) bond motifs is 7. The first kappa shape index (κ1) is 32.8. The lowest BCUT2D eigenvalue weighted by atomic mass is 9.81. The van der Waals surface area contributed by atoms with Crippen LogP contribution in [0.3, 0.4) is 0 Å². The number of likely N-dealkylation sites (tertiary alicyclic amines) is 1. The summed E-state index contributed by atoms with van der Waals surface area (Å²) < 4.78 is 2.48. The fourth-order valence-electron chi connectivity index (χ4n) is 9.33. The Balaban J connectivity index is 1.31. The van der Waals surface area contributed by atoms with Crippen molar-refractivity contribution in [2.24, 2.45) is 5.92 Å². The van der Waals surface area contributed by atoms with E-state index in [0.717, 1.165) is 48.5 Å². The molecule has 0 amide bonds. The number of allylic oxidation sites excluding steroid dienone is 1. The third kappa shape index (κ3) is 6.02. The molecule has 258 valence electrons. The average Bonchev–Trinajstić information content (AvgIpc) is 3.38. The van der Waals surface area contributed by atoms with E-state index in [1.807, 2.05) is 12.1 Å². The van der Waals surface area contributed by atoms with Crippen molar-refractivity contribution in [1.82, 2.24) is 14.5 Å². The van der Waals surface area contributed by atoms with Crippen LogP contribution in [-0.4, -0.2) is 58.3 Å². The summed E-state index contributed by atoms with van der Waals surface area (Å²) in [5.41, 5.74) is 11.0. The number of rotatable bonds is 8. The van der Waals surface area contributed by atoms with E-state index >= 15 is 0 Å². The molecule has 5 aromatic rings. The van der Waals surface area contributed by atoms with Crippen LogP contribution in [0.4, 0.5) is 5.69 Å². The Kier molecular flexibility index (Phi) is 9.22. The highest BCUT2D eigenvalue weighted by molar-refractivity contribution is 6.05. The molecule has 3 aliphatic rings. The number of carboxylic acid groups (broad SMARTS) is 1. The molecule has 6 heteroatoms. The van der Waals surface area contributed by atoms with Gasteiger partial charge in [-0.25, -0.2) is 9.78 Å². The molecule has 1 saturated carbocycles. The molecule has 2 aliphatic heterocycles. The van der Waals surface area contributed by atoms with Gasteiger partial charge in [0.2, 0.25) is 0 Å². The summed E-state index contributed by atoms with van der Waals surface area (Å²) in [6.45, 7) is 10.6. The van der Waals surface area contributed by atoms with Crippen molar-refractivity contribution < 1.29 is 9.90 Å². The first-order valence-corrected chi connectivity index (χ1v) is 19.1. The van der Waals surface area contributed by atoms with Crippen LogP contribution >= 0.6 is 0 Å². The third-order valence-corrected chi connectivity index (χ3v) is 11.8. The molecule has 3 aromatic carbocycles. The minimum absolute atomic E-state index is 0.362. The Morgan fingerprint density at radius 1 is 0.900 bits per heavy atom. The van der Waals surface area contributed by atoms with Crippen molar-refractivity contribution in [2.45, 2.75) is 77.7 Å². The van der Waals surface area contributed by atoms with E-state index < -0.39 is 5.97 Å². The van der Waals surface area contributed by atoms with Crippen molar-refractivity contribution in [3.05, 3.63) is 89.5 Å². The minimum atomic E-state index is -0.866. The normalized spacial score (nSPS) is 18.8. The Hall–Kier alpha value is -4.42. The Labute approximate surface area is 296 Å². The molecule has 8 rings (SSSR count). The van der Waals surface area contributed by atoms with E-state index in [2.05, 4.69) is 95.0 Å². The fraction of sp³-hybridized carbons (Fsp3) is 0.409. The Bertz CT molecular complexity index is 2070. The number of aromatic carboxylic acids is 1. The quantitative estimate of drug-likeness (QED) is 0.179. The summed E-state index contributed by atoms with van der Waals surface area (Å²) in [5.74, 6) is 0.308. The van der Waals surface area contributed by atoms with E-state index in [1.165, 1.54) is 103 Å². The SMILES string of the molecule is C/C=C/c1ccccc1-c1ccc2c3c(ccc2n1)-c1c(C2CCCCC2)c2ccc(C(=O)O)cc2n1CCN3CCC1CCCN(CC)C1. The number of carbonyl (C=O) groups is 1. The van der Waals surface area contributed by atoms with Crippen molar-refractivity contribution in [2.75, 3.05) is 37.6 Å². The molecule has 4 heterocycles. The van der Waals surface area contributed by atoms with Crippen LogP contribution < -0.4 is 4.90 Å². The zero-order valence-electron chi connectivity index (χ0n) is 29.7. The number of carboxylic acids is 1. The van der Waals surface area contributed by atoms with Gasteiger partial charge < -0.3 is 19.5 Å². The first-order valence-electron chi connectivity index (χ1n) is 19.1. The number of piperidine rings is 1. The summed E-state index contributed by atoms with van der Waals surface area (Å²) in [4.78, 5) is 22.8. The van der Waals surface area contributed by atoms with E-state index in [1.54, 1.807) is 0 Å². The number of hydrogen-bond donors (Lipinski definition) is 1. The van der Waals surface area contributed by atoms with Crippen molar-refractivity contribution in [3.8, 4) is 22.5 Å². The smallest absolute Gasteiger partial charge is 0.335 e. The van der Waals surface area contributed by atoms with Gasteiger partial charge >= 0.3 is 5.97 Å². The molecular weight excluding hydrogens is 617 g/mol.